The van der Waals surface area contributed by atoms with Crippen molar-refractivity contribution in [1.29, 1.82) is 0 Å². The third-order valence-electron chi connectivity index (χ3n) is 3.89. The number of benzene rings is 1. The van der Waals surface area contributed by atoms with Crippen LogP contribution in [0.5, 0.6) is 11.5 Å². The first-order valence-corrected chi connectivity index (χ1v) is 7.43. The van der Waals surface area contributed by atoms with E-state index in [1.165, 1.54) is 7.11 Å². The second-order valence-electron chi connectivity index (χ2n) is 5.41. The first-order chi connectivity index (χ1) is 11.5. The lowest BCUT2D eigenvalue weighted by atomic mass is 10.1. The molecule has 1 unspecified atom stereocenters. The van der Waals surface area contributed by atoms with Crippen LogP contribution in [0, 0.1) is 0 Å². The molecule has 2 amide bonds. The van der Waals surface area contributed by atoms with Gasteiger partial charge in [0, 0.05) is 5.56 Å². The van der Waals surface area contributed by atoms with Gasteiger partial charge in [-0.1, -0.05) is 0 Å². The van der Waals surface area contributed by atoms with E-state index in [-0.39, 0.29) is 25.5 Å². The summed E-state index contributed by atoms with van der Waals surface area (Å²) in [6, 6.07) is 2.76. The van der Waals surface area contributed by atoms with Crippen LogP contribution < -0.4 is 20.5 Å². The zero-order chi connectivity index (χ0) is 17.3. The second kappa shape index (κ2) is 6.36. The molecule has 128 valence electrons. The van der Waals surface area contributed by atoms with E-state index in [2.05, 4.69) is 10.3 Å². The fraction of sp³-hybridized carbons (Fsp3) is 0.400. The summed E-state index contributed by atoms with van der Waals surface area (Å²) in [4.78, 5) is 29.4. The normalized spacial score (nSPS) is 18.4. The molecule has 0 aromatic heterocycles. The van der Waals surface area contributed by atoms with Gasteiger partial charge in [-0.05, 0) is 12.1 Å². The van der Waals surface area contributed by atoms with Crippen molar-refractivity contribution in [3.63, 3.8) is 0 Å². The van der Waals surface area contributed by atoms with Crippen molar-refractivity contribution in [2.75, 3.05) is 20.3 Å². The number of primary amides is 1. The summed E-state index contributed by atoms with van der Waals surface area (Å²) in [5.74, 6) is 0.491. The quantitative estimate of drug-likeness (QED) is 0.628. The van der Waals surface area contributed by atoms with Crippen LogP contribution in [0.4, 0.5) is 5.69 Å². The SMILES string of the molecule is COc1c(OCCO)ccc2c1CN1C(=N2)NC(=O)C1CC(N)=O. The number of rotatable bonds is 6. The van der Waals surface area contributed by atoms with E-state index >= 15 is 0 Å². The zero-order valence-electron chi connectivity index (χ0n) is 13.1. The van der Waals surface area contributed by atoms with E-state index in [1.807, 2.05) is 0 Å². The summed E-state index contributed by atoms with van der Waals surface area (Å²) in [6.45, 7) is 0.343. The van der Waals surface area contributed by atoms with Crippen molar-refractivity contribution in [3.05, 3.63) is 17.7 Å². The minimum atomic E-state index is -0.693. The number of methoxy groups -OCH3 is 1. The molecular formula is C15H18N4O5. The Bertz CT molecular complexity index is 718. The fourth-order valence-corrected chi connectivity index (χ4v) is 2.86. The predicted octanol–water partition coefficient (Wildman–Crippen LogP) is -0.757. The van der Waals surface area contributed by atoms with Gasteiger partial charge in [-0.15, -0.1) is 0 Å². The Morgan fingerprint density at radius 2 is 2.33 bits per heavy atom. The van der Waals surface area contributed by atoms with Crippen molar-refractivity contribution < 1.29 is 24.2 Å². The molecule has 0 bridgehead atoms. The predicted molar refractivity (Wildman–Crippen MR) is 84.0 cm³/mol. The molecule has 4 N–H and O–H groups in total. The standard InChI is InChI=1S/C15H18N4O5/c1-23-13-8-7-19-10(6-12(16)21)14(22)18-15(19)17-9(8)2-3-11(13)24-5-4-20/h2-3,10,20H,4-7H2,1H3,(H2,16,21)(H,17,18,22). The second-order valence-corrected chi connectivity index (χ2v) is 5.41. The highest BCUT2D eigenvalue weighted by Gasteiger charge is 2.40. The lowest BCUT2D eigenvalue weighted by Crippen LogP contribution is -2.39. The van der Waals surface area contributed by atoms with Gasteiger partial charge in [-0.3, -0.25) is 14.9 Å². The number of hydrogen-bond acceptors (Lipinski definition) is 7. The van der Waals surface area contributed by atoms with Crippen LogP contribution in [0.15, 0.2) is 17.1 Å². The molecule has 0 radical (unpaired) electrons. The summed E-state index contributed by atoms with van der Waals surface area (Å²) >= 11 is 0. The number of amides is 2. The van der Waals surface area contributed by atoms with Crippen LogP contribution in [0.1, 0.15) is 12.0 Å². The van der Waals surface area contributed by atoms with Gasteiger partial charge in [0.15, 0.2) is 11.5 Å². The van der Waals surface area contributed by atoms with Crippen LogP contribution in [-0.2, 0) is 16.1 Å². The Labute approximate surface area is 138 Å². The highest BCUT2D eigenvalue weighted by Crippen LogP contribution is 2.41. The van der Waals surface area contributed by atoms with Crippen molar-refractivity contribution in [2.45, 2.75) is 19.0 Å². The van der Waals surface area contributed by atoms with Crippen LogP contribution in [0.25, 0.3) is 0 Å². The van der Waals surface area contributed by atoms with Crippen LogP contribution in [-0.4, -0.2) is 54.1 Å². The summed E-state index contributed by atoms with van der Waals surface area (Å²) < 4.78 is 10.9. The Morgan fingerprint density at radius 3 is 3.00 bits per heavy atom. The monoisotopic (exact) mass is 334 g/mol. The largest absolute Gasteiger partial charge is 0.492 e. The number of aliphatic hydroxyl groups excluding tert-OH is 1. The third-order valence-corrected chi connectivity index (χ3v) is 3.89. The van der Waals surface area contributed by atoms with Crippen molar-refractivity contribution in [3.8, 4) is 11.5 Å². The summed E-state index contributed by atoms with van der Waals surface area (Å²) in [7, 11) is 1.51. The highest BCUT2D eigenvalue weighted by atomic mass is 16.5. The molecule has 24 heavy (non-hydrogen) atoms. The molecule has 0 spiro atoms. The minimum absolute atomic E-state index is 0.0940. The molecule has 9 heteroatoms. The average Bonchev–Trinajstić information content (AvgIpc) is 2.85. The molecule has 1 saturated heterocycles. The topological polar surface area (TPSA) is 126 Å². The van der Waals surface area contributed by atoms with E-state index < -0.39 is 11.9 Å². The number of hydrogen-bond donors (Lipinski definition) is 3. The molecule has 0 aliphatic carbocycles. The number of nitrogens with one attached hydrogen (secondary N) is 1. The van der Waals surface area contributed by atoms with Gasteiger partial charge in [0.25, 0.3) is 0 Å². The van der Waals surface area contributed by atoms with Gasteiger partial charge in [0.1, 0.15) is 12.6 Å². The Balaban J connectivity index is 1.96. The van der Waals surface area contributed by atoms with Crippen LogP contribution >= 0.6 is 0 Å². The first-order valence-electron chi connectivity index (χ1n) is 7.43. The number of nitrogens with zero attached hydrogens (tertiary/aromatic N) is 2. The van der Waals surface area contributed by atoms with Gasteiger partial charge >= 0.3 is 0 Å². The molecule has 1 atom stereocenters. The number of carbonyl (C=O) groups is 2. The number of aliphatic hydroxyl groups is 1. The molecule has 2 aliphatic heterocycles. The van der Waals surface area contributed by atoms with Crippen molar-refractivity contribution >= 4 is 23.5 Å². The molecule has 3 rings (SSSR count). The Morgan fingerprint density at radius 1 is 1.54 bits per heavy atom. The number of nitrogens with two attached hydrogens (primary N) is 1. The number of aliphatic imine (C=N–C) groups is 1. The molecule has 0 saturated carbocycles. The first kappa shape index (κ1) is 16.1. The number of fused-ring (bicyclic) bond motifs is 2. The summed E-state index contributed by atoms with van der Waals surface area (Å²) in [5, 5.41) is 11.6. The summed E-state index contributed by atoms with van der Waals surface area (Å²) in [5.41, 5.74) is 6.62. The molecule has 9 nitrogen and oxygen atoms in total. The van der Waals surface area contributed by atoms with Gasteiger partial charge in [-0.2, -0.15) is 0 Å². The van der Waals surface area contributed by atoms with E-state index in [4.69, 9.17) is 20.3 Å². The van der Waals surface area contributed by atoms with Gasteiger partial charge < -0.3 is 25.2 Å². The van der Waals surface area contributed by atoms with Crippen LogP contribution in [0.3, 0.4) is 0 Å². The molecule has 1 aromatic carbocycles. The van der Waals surface area contributed by atoms with E-state index in [9.17, 15) is 9.59 Å². The maximum atomic E-state index is 12.1. The lowest BCUT2D eigenvalue weighted by Gasteiger charge is -2.28. The fourth-order valence-electron chi connectivity index (χ4n) is 2.86. The number of ether oxygens (including phenoxy) is 2. The van der Waals surface area contributed by atoms with Crippen molar-refractivity contribution in [1.82, 2.24) is 10.2 Å². The molecule has 2 heterocycles. The third kappa shape index (κ3) is 2.73. The van der Waals surface area contributed by atoms with E-state index in [1.54, 1.807) is 17.0 Å². The molecule has 2 aliphatic rings. The van der Waals surface area contributed by atoms with Gasteiger partial charge in [-0.25, -0.2) is 4.99 Å². The Hall–Kier alpha value is -2.81. The Kier molecular flexibility index (Phi) is 4.26. The maximum Gasteiger partial charge on any atom is 0.250 e. The van der Waals surface area contributed by atoms with E-state index in [0.29, 0.717) is 29.7 Å². The van der Waals surface area contributed by atoms with Gasteiger partial charge in [0.2, 0.25) is 17.8 Å². The molecule has 1 fully saturated rings. The molecule has 1 aromatic rings. The number of guanidine groups is 1. The van der Waals surface area contributed by atoms with Crippen LogP contribution in [0.2, 0.25) is 0 Å². The van der Waals surface area contributed by atoms with Gasteiger partial charge in [0.05, 0.1) is 32.4 Å². The molecular weight excluding hydrogens is 316 g/mol. The maximum absolute atomic E-state index is 12.1. The minimum Gasteiger partial charge on any atom is -0.492 e. The highest BCUT2D eigenvalue weighted by molar-refractivity contribution is 6.09. The average molecular weight is 334 g/mol. The lowest BCUT2D eigenvalue weighted by molar-refractivity contribution is -0.126. The van der Waals surface area contributed by atoms with E-state index in [0.717, 1.165) is 5.56 Å². The smallest absolute Gasteiger partial charge is 0.250 e. The van der Waals surface area contributed by atoms with Crippen molar-refractivity contribution in [2.24, 2.45) is 10.7 Å². The zero-order valence-corrected chi connectivity index (χ0v) is 13.1. The number of carbonyl (C=O) groups excluding carboxylic acids is 2. The summed E-state index contributed by atoms with van der Waals surface area (Å²) in [6.07, 6.45) is -0.0940.